The number of ether oxygens (including phenoxy) is 2. The summed E-state index contributed by atoms with van der Waals surface area (Å²) in [6.07, 6.45) is 5.42. The molecule has 2 heterocycles. The largest absolute Gasteiger partial charge is 0.490 e. The molecule has 2 aliphatic heterocycles. The fourth-order valence-electron chi connectivity index (χ4n) is 4.13. The molecule has 1 unspecified atom stereocenters. The smallest absolute Gasteiger partial charge is 0.400 e. The van der Waals surface area contributed by atoms with Crippen LogP contribution in [0.4, 0.5) is 0 Å². The Balaban J connectivity index is 1.48. The van der Waals surface area contributed by atoms with Crippen molar-refractivity contribution in [2.75, 3.05) is 13.2 Å². The van der Waals surface area contributed by atoms with E-state index in [0.717, 1.165) is 32.5 Å². The number of allylic oxidation sites excluding steroid dienone is 2. The zero-order valence-electron chi connectivity index (χ0n) is 13.5. The lowest BCUT2D eigenvalue weighted by atomic mass is 9.76. The first kappa shape index (κ1) is 14.3. The van der Waals surface area contributed by atoms with Gasteiger partial charge in [0.05, 0.1) is 24.4 Å². The molecule has 0 amide bonds. The molecular formula is C16H25BO4. The molecule has 1 spiro atoms. The van der Waals surface area contributed by atoms with E-state index >= 15 is 0 Å². The van der Waals surface area contributed by atoms with Gasteiger partial charge in [0, 0.05) is 12.8 Å². The van der Waals surface area contributed by atoms with E-state index in [0.29, 0.717) is 11.8 Å². The van der Waals surface area contributed by atoms with Gasteiger partial charge in [0.2, 0.25) is 0 Å². The molecule has 0 bridgehead atoms. The van der Waals surface area contributed by atoms with Crippen LogP contribution in [0.5, 0.6) is 0 Å². The first-order chi connectivity index (χ1) is 9.80. The van der Waals surface area contributed by atoms with Gasteiger partial charge in [-0.2, -0.15) is 0 Å². The fourth-order valence-corrected chi connectivity index (χ4v) is 4.13. The monoisotopic (exact) mass is 292 g/mol. The van der Waals surface area contributed by atoms with Gasteiger partial charge in [-0.05, 0) is 51.4 Å². The van der Waals surface area contributed by atoms with Crippen LogP contribution in [-0.4, -0.2) is 37.3 Å². The van der Waals surface area contributed by atoms with Gasteiger partial charge < -0.3 is 18.8 Å². The molecule has 1 saturated carbocycles. The first-order valence-electron chi connectivity index (χ1n) is 8.14. The van der Waals surface area contributed by atoms with Crippen molar-refractivity contribution in [1.82, 2.24) is 0 Å². The van der Waals surface area contributed by atoms with Crippen molar-refractivity contribution >= 4 is 7.12 Å². The van der Waals surface area contributed by atoms with Crippen molar-refractivity contribution in [3.63, 3.8) is 0 Å². The van der Waals surface area contributed by atoms with Gasteiger partial charge in [-0.25, -0.2) is 0 Å². The van der Waals surface area contributed by atoms with Crippen LogP contribution >= 0.6 is 0 Å². The summed E-state index contributed by atoms with van der Waals surface area (Å²) >= 11 is 0. The van der Waals surface area contributed by atoms with Crippen molar-refractivity contribution in [2.45, 2.75) is 63.9 Å². The molecule has 0 aromatic rings. The highest BCUT2D eigenvalue weighted by atomic mass is 16.7. The lowest BCUT2D eigenvalue weighted by Crippen LogP contribution is -2.41. The highest BCUT2D eigenvalue weighted by molar-refractivity contribution is 6.54. The van der Waals surface area contributed by atoms with Crippen LogP contribution in [0.3, 0.4) is 0 Å². The van der Waals surface area contributed by atoms with Crippen LogP contribution in [0.2, 0.25) is 0 Å². The molecule has 116 valence electrons. The Kier molecular flexibility index (Phi) is 2.95. The van der Waals surface area contributed by atoms with Gasteiger partial charge in [-0.3, -0.25) is 0 Å². The SMILES string of the molecule is CC1(C)OB(C2=CC3CC4(C[C@@H]3C2)OCCO4)OC1(C)C. The topological polar surface area (TPSA) is 36.9 Å². The van der Waals surface area contributed by atoms with Crippen molar-refractivity contribution < 1.29 is 18.8 Å². The Morgan fingerprint density at radius 2 is 1.62 bits per heavy atom. The molecule has 2 aliphatic carbocycles. The van der Waals surface area contributed by atoms with Gasteiger partial charge in [-0.1, -0.05) is 6.08 Å². The van der Waals surface area contributed by atoms with Gasteiger partial charge in [-0.15, -0.1) is 0 Å². The maximum atomic E-state index is 6.18. The molecule has 4 nitrogen and oxygen atoms in total. The highest BCUT2D eigenvalue weighted by Crippen LogP contribution is 2.52. The summed E-state index contributed by atoms with van der Waals surface area (Å²) in [6.45, 7) is 9.93. The van der Waals surface area contributed by atoms with E-state index in [1.165, 1.54) is 5.47 Å². The summed E-state index contributed by atoms with van der Waals surface area (Å²) in [5.41, 5.74) is 0.806. The van der Waals surface area contributed by atoms with Crippen molar-refractivity contribution in [3.8, 4) is 0 Å². The molecule has 0 aromatic carbocycles. The van der Waals surface area contributed by atoms with Crippen LogP contribution < -0.4 is 0 Å². The summed E-state index contributed by atoms with van der Waals surface area (Å²) in [6, 6.07) is 0. The number of hydrogen-bond acceptors (Lipinski definition) is 4. The van der Waals surface area contributed by atoms with Crippen molar-refractivity contribution in [3.05, 3.63) is 11.5 Å². The van der Waals surface area contributed by atoms with Crippen LogP contribution in [0.25, 0.3) is 0 Å². The molecule has 2 atom stereocenters. The molecule has 2 saturated heterocycles. The molecule has 0 N–H and O–H groups in total. The summed E-state index contributed by atoms with van der Waals surface area (Å²) in [5.74, 6) is 0.891. The molecule has 0 aromatic heterocycles. The minimum atomic E-state index is -0.284. The average molecular weight is 292 g/mol. The second-order valence-electron chi connectivity index (χ2n) is 7.97. The maximum Gasteiger partial charge on any atom is 0.490 e. The number of rotatable bonds is 1. The Hall–Kier alpha value is -0.355. The normalized spacial score (nSPS) is 39.0. The predicted octanol–water partition coefficient (Wildman–Crippen LogP) is 2.72. The Morgan fingerprint density at radius 3 is 2.19 bits per heavy atom. The molecule has 3 fully saturated rings. The van der Waals surface area contributed by atoms with Gasteiger partial charge in [0.15, 0.2) is 5.79 Å². The third-order valence-corrected chi connectivity index (χ3v) is 6.02. The minimum Gasteiger partial charge on any atom is -0.400 e. The maximum absolute atomic E-state index is 6.18. The van der Waals surface area contributed by atoms with E-state index in [9.17, 15) is 0 Å². The van der Waals surface area contributed by atoms with Crippen molar-refractivity contribution in [2.24, 2.45) is 11.8 Å². The van der Waals surface area contributed by atoms with E-state index in [2.05, 4.69) is 33.8 Å². The second-order valence-corrected chi connectivity index (χ2v) is 7.97. The van der Waals surface area contributed by atoms with Crippen LogP contribution in [0, 0.1) is 11.8 Å². The summed E-state index contributed by atoms with van der Waals surface area (Å²) in [7, 11) is -0.179. The summed E-state index contributed by atoms with van der Waals surface area (Å²) in [4.78, 5) is 0. The minimum absolute atomic E-state index is 0.179. The number of fused-ring (bicyclic) bond motifs is 1. The quantitative estimate of drug-likeness (QED) is 0.696. The molecule has 4 aliphatic rings. The van der Waals surface area contributed by atoms with E-state index in [1.54, 1.807) is 0 Å². The lowest BCUT2D eigenvalue weighted by Gasteiger charge is -2.32. The molecule has 4 rings (SSSR count). The summed E-state index contributed by atoms with van der Waals surface area (Å²) in [5, 5.41) is 0. The van der Waals surface area contributed by atoms with Crippen LogP contribution in [-0.2, 0) is 18.8 Å². The van der Waals surface area contributed by atoms with Gasteiger partial charge >= 0.3 is 7.12 Å². The Labute approximate surface area is 127 Å². The summed E-state index contributed by atoms with van der Waals surface area (Å²) < 4.78 is 24.1. The zero-order valence-corrected chi connectivity index (χ0v) is 13.5. The van der Waals surface area contributed by atoms with E-state index in [1.807, 2.05) is 0 Å². The van der Waals surface area contributed by atoms with Gasteiger partial charge in [0.1, 0.15) is 0 Å². The first-order valence-corrected chi connectivity index (χ1v) is 8.14. The Morgan fingerprint density at radius 1 is 1.00 bits per heavy atom. The molecule has 0 radical (unpaired) electrons. The molecule has 5 heteroatoms. The highest BCUT2D eigenvalue weighted by Gasteiger charge is 2.56. The third kappa shape index (κ3) is 2.13. The zero-order chi connectivity index (χ0) is 14.9. The van der Waals surface area contributed by atoms with E-state index < -0.39 is 0 Å². The fraction of sp³-hybridized carbons (Fsp3) is 0.875. The van der Waals surface area contributed by atoms with Crippen molar-refractivity contribution in [1.29, 1.82) is 0 Å². The molecule has 21 heavy (non-hydrogen) atoms. The predicted molar refractivity (Wildman–Crippen MR) is 79.6 cm³/mol. The van der Waals surface area contributed by atoms with Gasteiger partial charge in [0.25, 0.3) is 0 Å². The van der Waals surface area contributed by atoms with Crippen LogP contribution in [0.1, 0.15) is 47.0 Å². The third-order valence-electron chi connectivity index (χ3n) is 6.02. The van der Waals surface area contributed by atoms with Crippen LogP contribution in [0.15, 0.2) is 11.5 Å². The Bertz CT molecular complexity index is 463. The second kappa shape index (κ2) is 4.35. The molecular weight excluding hydrogens is 267 g/mol. The van der Waals surface area contributed by atoms with E-state index in [4.69, 9.17) is 18.8 Å². The number of hydrogen-bond donors (Lipinski definition) is 0. The average Bonchev–Trinajstić information content (AvgIpc) is 3.06. The standard InChI is InChI=1S/C16H25BO4/c1-14(2)15(3,4)21-17(20-14)13-7-11-9-16(10-12(11)8-13)18-5-6-19-16/h7,11-12H,5-6,8-10H2,1-4H3/t11?,12-/m0/s1. The van der Waals surface area contributed by atoms with E-state index in [-0.39, 0.29) is 24.1 Å². The lowest BCUT2D eigenvalue weighted by molar-refractivity contribution is -0.153.